The standard InChI is InChI=1S/C12H15BrFNOS/c1-8-5-15-12(7-17(16)6-8)10-4-9(13)2-3-11(10)14/h2-4,8,12,15H,5-7H2,1H3. The summed E-state index contributed by atoms with van der Waals surface area (Å²) in [6.45, 7) is 2.84. The van der Waals surface area contributed by atoms with Crippen molar-refractivity contribution in [1.29, 1.82) is 0 Å². The number of rotatable bonds is 1. The van der Waals surface area contributed by atoms with E-state index in [0.29, 0.717) is 23.0 Å². The van der Waals surface area contributed by atoms with E-state index in [2.05, 4.69) is 28.2 Å². The van der Waals surface area contributed by atoms with Crippen LogP contribution in [0.4, 0.5) is 4.39 Å². The molecule has 0 radical (unpaired) electrons. The Morgan fingerprint density at radius 1 is 1.47 bits per heavy atom. The van der Waals surface area contributed by atoms with Gasteiger partial charge in [-0.15, -0.1) is 0 Å². The minimum Gasteiger partial charge on any atom is -0.309 e. The maximum atomic E-state index is 13.8. The van der Waals surface area contributed by atoms with E-state index in [-0.39, 0.29) is 11.9 Å². The summed E-state index contributed by atoms with van der Waals surface area (Å²) in [5.74, 6) is 1.31. The van der Waals surface area contributed by atoms with Crippen LogP contribution < -0.4 is 5.32 Å². The van der Waals surface area contributed by atoms with Crippen LogP contribution in [0, 0.1) is 11.7 Å². The van der Waals surface area contributed by atoms with Gasteiger partial charge in [-0.2, -0.15) is 0 Å². The average molecular weight is 320 g/mol. The predicted octanol–water partition coefficient (Wildman–Crippen LogP) is 2.62. The van der Waals surface area contributed by atoms with Crippen molar-refractivity contribution in [3.8, 4) is 0 Å². The largest absolute Gasteiger partial charge is 0.309 e. The first-order valence-electron chi connectivity index (χ1n) is 5.59. The van der Waals surface area contributed by atoms with Crippen molar-refractivity contribution >= 4 is 26.7 Å². The number of halogens is 2. The van der Waals surface area contributed by atoms with Gasteiger partial charge in [0.05, 0.1) is 0 Å². The summed E-state index contributed by atoms with van der Waals surface area (Å²) >= 11 is 3.34. The number of hydrogen-bond donors (Lipinski definition) is 1. The van der Waals surface area contributed by atoms with Crippen molar-refractivity contribution in [1.82, 2.24) is 5.32 Å². The van der Waals surface area contributed by atoms with Crippen molar-refractivity contribution < 1.29 is 8.60 Å². The summed E-state index contributed by atoms with van der Waals surface area (Å²) < 4.78 is 26.4. The third kappa shape index (κ3) is 3.36. The van der Waals surface area contributed by atoms with Crippen LogP contribution >= 0.6 is 15.9 Å². The van der Waals surface area contributed by atoms with Crippen LogP contribution in [0.5, 0.6) is 0 Å². The molecule has 1 fully saturated rings. The van der Waals surface area contributed by atoms with Crippen LogP contribution in [-0.4, -0.2) is 22.3 Å². The Morgan fingerprint density at radius 3 is 3.00 bits per heavy atom. The smallest absolute Gasteiger partial charge is 0.128 e. The molecule has 1 saturated heterocycles. The van der Waals surface area contributed by atoms with Crippen LogP contribution in [0.3, 0.4) is 0 Å². The summed E-state index contributed by atoms with van der Waals surface area (Å²) in [4.78, 5) is 0. The average Bonchev–Trinajstić information content (AvgIpc) is 2.43. The van der Waals surface area contributed by atoms with E-state index < -0.39 is 10.8 Å². The molecule has 0 aliphatic carbocycles. The van der Waals surface area contributed by atoms with Crippen molar-refractivity contribution in [3.63, 3.8) is 0 Å². The van der Waals surface area contributed by atoms with Gasteiger partial charge >= 0.3 is 0 Å². The highest BCUT2D eigenvalue weighted by Crippen LogP contribution is 2.24. The molecule has 0 amide bonds. The Kier molecular flexibility index (Phi) is 4.33. The number of benzene rings is 1. The summed E-state index contributed by atoms with van der Waals surface area (Å²) in [5.41, 5.74) is 0.599. The van der Waals surface area contributed by atoms with Gasteiger partial charge in [0.2, 0.25) is 0 Å². The third-order valence-corrected chi connectivity index (χ3v) is 5.01. The molecule has 1 N–H and O–H groups in total. The molecule has 2 rings (SSSR count). The summed E-state index contributed by atoms with van der Waals surface area (Å²) in [6, 6.07) is 4.73. The lowest BCUT2D eigenvalue weighted by Gasteiger charge is -2.17. The highest BCUT2D eigenvalue weighted by atomic mass is 79.9. The van der Waals surface area contributed by atoms with Crippen LogP contribution in [0.15, 0.2) is 22.7 Å². The van der Waals surface area contributed by atoms with Gasteiger partial charge in [0.25, 0.3) is 0 Å². The van der Waals surface area contributed by atoms with Crippen LogP contribution in [0.25, 0.3) is 0 Å². The fourth-order valence-corrected chi connectivity index (χ4v) is 3.95. The molecular weight excluding hydrogens is 305 g/mol. The van der Waals surface area contributed by atoms with Gasteiger partial charge in [-0.3, -0.25) is 4.21 Å². The highest BCUT2D eigenvalue weighted by molar-refractivity contribution is 9.10. The van der Waals surface area contributed by atoms with Gasteiger partial charge in [-0.1, -0.05) is 22.9 Å². The molecule has 2 nitrogen and oxygen atoms in total. The first-order valence-corrected chi connectivity index (χ1v) is 7.87. The highest BCUT2D eigenvalue weighted by Gasteiger charge is 2.23. The lowest BCUT2D eigenvalue weighted by atomic mass is 10.1. The van der Waals surface area contributed by atoms with E-state index in [1.807, 2.05) is 0 Å². The molecule has 1 aromatic carbocycles. The summed E-state index contributed by atoms with van der Waals surface area (Å²) in [7, 11) is -0.878. The summed E-state index contributed by atoms with van der Waals surface area (Å²) in [5, 5.41) is 3.29. The van der Waals surface area contributed by atoms with Crippen molar-refractivity contribution in [2.45, 2.75) is 13.0 Å². The molecule has 17 heavy (non-hydrogen) atoms. The Balaban J connectivity index is 2.26. The molecule has 1 aromatic rings. The molecule has 1 aliphatic heterocycles. The zero-order valence-corrected chi connectivity index (χ0v) is 12.0. The Labute approximate surface area is 112 Å². The monoisotopic (exact) mass is 319 g/mol. The Bertz CT molecular complexity index is 441. The lowest BCUT2D eigenvalue weighted by molar-refractivity contribution is 0.497. The van der Waals surface area contributed by atoms with E-state index >= 15 is 0 Å². The van der Waals surface area contributed by atoms with Gasteiger partial charge in [0, 0.05) is 38.4 Å². The van der Waals surface area contributed by atoms with E-state index in [9.17, 15) is 8.60 Å². The normalized spacial score (nSPS) is 29.9. The zero-order valence-electron chi connectivity index (χ0n) is 9.58. The topological polar surface area (TPSA) is 29.1 Å². The molecule has 0 bridgehead atoms. The minimum atomic E-state index is -0.878. The molecule has 5 heteroatoms. The number of nitrogens with one attached hydrogen (secondary N) is 1. The summed E-state index contributed by atoms with van der Waals surface area (Å²) in [6.07, 6.45) is 0. The van der Waals surface area contributed by atoms with E-state index in [0.717, 1.165) is 11.0 Å². The van der Waals surface area contributed by atoms with Crippen LogP contribution in [-0.2, 0) is 10.8 Å². The second kappa shape index (κ2) is 5.59. The van der Waals surface area contributed by atoms with E-state index in [1.165, 1.54) is 6.07 Å². The van der Waals surface area contributed by atoms with Crippen molar-refractivity contribution in [2.75, 3.05) is 18.1 Å². The van der Waals surface area contributed by atoms with E-state index in [1.54, 1.807) is 12.1 Å². The Morgan fingerprint density at radius 2 is 2.24 bits per heavy atom. The molecule has 1 aliphatic rings. The predicted molar refractivity (Wildman–Crippen MR) is 71.9 cm³/mol. The van der Waals surface area contributed by atoms with Crippen LogP contribution in [0.2, 0.25) is 0 Å². The molecule has 94 valence electrons. The number of hydrogen-bond acceptors (Lipinski definition) is 2. The fraction of sp³-hybridized carbons (Fsp3) is 0.500. The SMILES string of the molecule is CC1CNC(c2cc(Br)ccc2F)CS(=O)C1. The van der Waals surface area contributed by atoms with Crippen molar-refractivity contribution in [3.05, 3.63) is 34.1 Å². The lowest BCUT2D eigenvalue weighted by Crippen LogP contribution is -2.26. The van der Waals surface area contributed by atoms with Gasteiger partial charge in [-0.25, -0.2) is 4.39 Å². The third-order valence-electron chi connectivity index (χ3n) is 2.87. The molecular formula is C12H15BrFNOS. The minimum absolute atomic E-state index is 0.154. The molecule has 3 unspecified atom stereocenters. The molecule has 3 atom stereocenters. The second-order valence-corrected chi connectivity index (χ2v) is 6.97. The molecule has 0 saturated carbocycles. The molecule has 0 aromatic heterocycles. The molecule has 1 heterocycles. The van der Waals surface area contributed by atoms with Gasteiger partial charge in [0.1, 0.15) is 5.82 Å². The van der Waals surface area contributed by atoms with Gasteiger partial charge < -0.3 is 5.32 Å². The Hall–Kier alpha value is -0.260. The van der Waals surface area contributed by atoms with Gasteiger partial charge in [0.15, 0.2) is 0 Å². The van der Waals surface area contributed by atoms with Gasteiger partial charge in [-0.05, 0) is 30.7 Å². The fourth-order valence-electron chi connectivity index (χ4n) is 2.01. The first-order chi connectivity index (χ1) is 8.06. The quantitative estimate of drug-likeness (QED) is 0.862. The van der Waals surface area contributed by atoms with Crippen molar-refractivity contribution in [2.24, 2.45) is 5.92 Å². The maximum Gasteiger partial charge on any atom is 0.128 e. The van der Waals surface area contributed by atoms with Crippen LogP contribution in [0.1, 0.15) is 18.5 Å². The zero-order chi connectivity index (χ0) is 12.4. The maximum absolute atomic E-state index is 13.8. The second-order valence-electron chi connectivity index (χ2n) is 4.51. The van der Waals surface area contributed by atoms with E-state index in [4.69, 9.17) is 0 Å². The molecule has 0 spiro atoms. The first kappa shape index (κ1) is 13.2.